The van der Waals surface area contributed by atoms with E-state index in [1.165, 1.54) is 26.2 Å². The maximum atomic E-state index is 12.7. The summed E-state index contributed by atoms with van der Waals surface area (Å²) in [6.07, 6.45) is 0.758. The van der Waals surface area contributed by atoms with Gasteiger partial charge in [-0.15, -0.1) is 0 Å². The molecule has 0 spiro atoms. The molecule has 0 saturated carbocycles. The minimum absolute atomic E-state index is 0.0825. The van der Waals surface area contributed by atoms with Crippen LogP contribution in [-0.4, -0.2) is 32.3 Å². The Morgan fingerprint density at radius 2 is 1.58 bits per heavy atom. The van der Waals surface area contributed by atoms with Gasteiger partial charge in [-0.25, -0.2) is 5.01 Å². The zero-order chi connectivity index (χ0) is 23.8. The number of nitrogens with zero attached hydrogens (tertiary/aromatic N) is 1. The summed E-state index contributed by atoms with van der Waals surface area (Å²) in [5.41, 5.74) is 5.81. The van der Waals surface area contributed by atoms with Crippen molar-refractivity contribution in [1.29, 1.82) is 0 Å². The molecule has 33 heavy (non-hydrogen) atoms. The Bertz CT molecular complexity index is 1130. The van der Waals surface area contributed by atoms with Crippen molar-refractivity contribution in [2.45, 2.75) is 13.3 Å². The molecule has 3 rings (SSSR count). The van der Waals surface area contributed by atoms with Crippen LogP contribution in [0.5, 0.6) is 11.5 Å². The highest BCUT2D eigenvalue weighted by atomic mass is 16.5. The molecule has 8 heteroatoms. The largest absolute Gasteiger partial charge is 0.493 e. The van der Waals surface area contributed by atoms with Gasteiger partial charge in [-0.1, -0.05) is 30.3 Å². The fraction of sp³-hybridized carbons (Fsp3) is 0.160. The van der Waals surface area contributed by atoms with Crippen molar-refractivity contribution in [1.82, 2.24) is 0 Å². The molecule has 0 fully saturated rings. The number of para-hydroxylation sites is 1. The molecular formula is C25H25N3O5. The van der Waals surface area contributed by atoms with Gasteiger partial charge >= 0.3 is 0 Å². The van der Waals surface area contributed by atoms with E-state index in [9.17, 15) is 14.4 Å². The van der Waals surface area contributed by atoms with Gasteiger partial charge in [-0.05, 0) is 42.8 Å². The molecule has 0 saturated heterocycles. The summed E-state index contributed by atoms with van der Waals surface area (Å²) in [6.45, 7) is 1.41. The molecule has 3 aromatic carbocycles. The van der Waals surface area contributed by atoms with E-state index in [-0.39, 0.29) is 18.1 Å². The van der Waals surface area contributed by atoms with Crippen LogP contribution in [0.4, 0.5) is 17.1 Å². The van der Waals surface area contributed by atoms with E-state index in [0.717, 1.165) is 11.3 Å². The number of methoxy groups -OCH3 is 2. The van der Waals surface area contributed by atoms with Gasteiger partial charge in [-0.3, -0.25) is 19.8 Å². The highest BCUT2D eigenvalue weighted by Crippen LogP contribution is 2.33. The number of anilines is 3. The van der Waals surface area contributed by atoms with Crippen molar-refractivity contribution in [2.75, 3.05) is 30.0 Å². The molecule has 0 radical (unpaired) electrons. The van der Waals surface area contributed by atoms with Crippen LogP contribution in [0.2, 0.25) is 0 Å². The first kappa shape index (κ1) is 23.3. The maximum Gasteiger partial charge on any atom is 0.232 e. The average Bonchev–Trinajstić information content (AvgIpc) is 2.83. The van der Waals surface area contributed by atoms with Crippen LogP contribution in [0.1, 0.15) is 22.8 Å². The SMILES string of the molecule is COc1cc(NC(=O)Cc2ccc(N(C=O)Nc3ccccc3)cc2)c(C(C)=O)cc1OC. The third kappa shape index (κ3) is 5.88. The summed E-state index contributed by atoms with van der Waals surface area (Å²) in [5.74, 6) is 0.296. The topological polar surface area (TPSA) is 97.0 Å². The third-order valence-corrected chi connectivity index (χ3v) is 4.89. The number of carbonyl (C=O) groups is 3. The van der Waals surface area contributed by atoms with Gasteiger partial charge in [0, 0.05) is 11.6 Å². The number of Topliss-reactive ketones (excluding diaryl/α,β-unsaturated/α-hetero) is 1. The Labute approximate surface area is 192 Å². The van der Waals surface area contributed by atoms with E-state index in [4.69, 9.17) is 9.47 Å². The molecule has 2 amide bonds. The van der Waals surface area contributed by atoms with E-state index in [2.05, 4.69) is 10.7 Å². The summed E-state index contributed by atoms with van der Waals surface area (Å²) in [7, 11) is 2.96. The second-order valence-corrected chi connectivity index (χ2v) is 7.15. The molecule has 0 aliphatic carbocycles. The van der Waals surface area contributed by atoms with Crippen molar-refractivity contribution < 1.29 is 23.9 Å². The smallest absolute Gasteiger partial charge is 0.232 e. The molecule has 0 unspecified atom stereocenters. The van der Waals surface area contributed by atoms with Crippen molar-refractivity contribution in [3.05, 3.63) is 77.9 Å². The fourth-order valence-corrected chi connectivity index (χ4v) is 3.23. The van der Waals surface area contributed by atoms with E-state index < -0.39 is 0 Å². The monoisotopic (exact) mass is 447 g/mol. The van der Waals surface area contributed by atoms with Crippen LogP contribution in [-0.2, 0) is 16.0 Å². The van der Waals surface area contributed by atoms with Crippen molar-refractivity contribution >= 4 is 35.2 Å². The molecule has 2 N–H and O–H groups in total. The normalized spacial score (nSPS) is 10.2. The number of hydrogen-bond donors (Lipinski definition) is 2. The van der Waals surface area contributed by atoms with Crippen LogP contribution in [0, 0.1) is 0 Å². The molecular weight excluding hydrogens is 422 g/mol. The van der Waals surface area contributed by atoms with Gasteiger partial charge in [0.1, 0.15) is 0 Å². The Morgan fingerprint density at radius 3 is 2.15 bits per heavy atom. The number of ether oxygens (including phenoxy) is 2. The van der Waals surface area contributed by atoms with Crippen LogP contribution in [0.25, 0.3) is 0 Å². The third-order valence-electron chi connectivity index (χ3n) is 4.89. The minimum Gasteiger partial charge on any atom is -0.493 e. The first-order valence-electron chi connectivity index (χ1n) is 10.2. The van der Waals surface area contributed by atoms with Crippen LogP contribution < -0.4 is 25.2 Å². The van der Waals surface area contributed by atoms with E-state index in [1.54, 1.807) is 36.4 Å². The van der Waals surface area contributed by atoms with Gasteiger partial charge in [0.25, 0.3) is 0 Å². The lowest BCUT2D eigenvalue weighted by Gasteiger charge is -2.20. The minimum atomic E-state index is -0.299. The number of ketones is 1. The first-order chi connectivity index (χ1) is 15.9. The van der Waals surface area contributed by atoms with Crippen LogP contribution in [0.3, 0.4) is 0 Å². The number of rotatable bonds is 10. The maximum absolute atomic E-state index is 12.7. The Morgan fingerprint density at radius 1 is 0.939 bits per heavy atom. The summed E-state index contributed by atoms with van der Waals surface area (Å²) in [4.78, 5) is 36.2. The van der Waals surface area contributed by atoms with Crippen LogP contribution in [0.15, 0.2) is 66.7 Å². The zero-order valence-corrected chi connectivity index (χ0v) is 18.6. The molecule has 0 heterocycles. The average molecular weight is 447 g/mol. The molecule has 0 aliphatic rings. The lowest BCUT2D eigenvalue weighted by Crippen LogP contribution is -2.27. The molecule has 0 aliphatic heterocycles. The van der Waals surface area contributed by atoms with Gasteiger partial charge in [0.15, 0.2) is 17.3 Å². The second-order valence-electron chi connectivity index (χ2n) is 7.15. The van der Waals surface area contributed by atoms with Gasteiger partial charge < -0.3 is 14.8 Å². The second kappa shape index (κ2) is 10.8. The zero-order valence-electron chi connectivity index (χ0n) is 18.6. The van der Waals surface area contributed by atoms with Crippen molar-refractivity contribution in [3.8, 4) is 11.5 Å². The number of hydrogen-bond acceptors (Lipinski definition) is 6. The predicted octanol–water partition coefficient (Wildman–Crippen LogP) is 4.08. The predicted molar refractivity (Wildman–Crippen MR) is 127 cm³/mol. The van der Waals surface area contributed by atoms with Gasteiger partial charge in [-0.2, -0.15) is 0 Å². The van der Waals surface area contributed by atoms with Crippen LogP contribution >= 0.6 is 0 Å². The molecule has 170 valence electrons. The Hall–Kier alpha value is -4.33. The van der Waals surface area contributed by atoms with Gasteiger partial charge in [0.05, 0.1) is 37.7 Å². The Kier molecular flexibility index (Phi) is 7.64. The lowest BCUT2D eigenvalue weighted by molar-refractivity contribution is -0.115. The quantitative estimate of drug-likeness (QED) is 0.276. The van der Waals surface area contributed by atoms with E-state index in [0.29, 0.717) is 34.8 Å². The van der Waals surface area contributed by atoms with E-state index >= 15 is 0 Å². The number of hydrazine groups is 1. The molecule has 8 nitrogen and oxygen atoms in total. The molecule has 3 aromatic rings. The molecule has 0 bridgehead atoms. The first-order valence-corrected chi connectivity index (χ1v) is 10.2. The summed E-state index contributed by atoms with van der Waals surface area (Å²) in [6, 6.07) is 19.4. The molecule has 0 atom stereocenters. The standard InChI is InChI=1S/C25H25N3O5/c1-17(30)21-14-23(32-2)24(33-3)15-22(21)26-25(31)13-18-9-11-20(12-10-18)28(16-29)27-19-7-5-4-6-8-19/h4-12,14-16,27H,13H2,1-3H3,(H,26,31). The number of nitrogens with one attached hydrogen (secondary N) is 2. The lowest BCUT2D eigenvalue weighted by atomic mass is 10.1. The number of carbonyl (C=O) groups excluding carboxylic acids is 3. The molecule has 0 aromatic heterocycles. The van der Waals surface area contributed by atoms with Crippen molar-refractivity contribution in [2.24, 2.45) is 0 Å². The summed E-state index contributed by atoms with van der Waals surface area (Å²) in [5, 5.41) is 4.12. The highest BCUT2D eigenvalue weighted by molar-refractivity contribution is 6.05. The number of benzene rings is 3. The number of amides is 2. The van der Waals surface area contributed by atoms with Crippen molar-refractivity contribution in [3.63, 3.8) is 0 Å². The summed E-state index contributed by atoms with van der Waals surface area (Å²) >= 11 is 0. The highest BCUT2D eigenvalue weighted by Gasteiger charge is 2.16. The van der Waals surface area contributed by atoms with E-state index in [1.807, 2.05) is 30.3 Å². The van der Waals surface area contributed by atoms with Gasteiger partial charge in [0.2, 0.25) is 12.3 Å². The Balaban J connectivity index is 1.71. The summed E-state index contributed by atoms with van der Waals surface area (Å²) < 4.78 is 10.5. The fourth-order valence-electron chi connectivity index (χ4n) is 3.23.